The molecule has 0 aromatic heterocycles. The Labute approximate surface area is 108 Å². The van der Waals surface area contributed by atoms with Crippen molar-refractivity contribution < 1.29 is 14.3 Å². The van der Waals surface area contributed by atoms with Crippen LogP contribution in [0.5, 0.6) is 0 Å². The monoisotopic (exact) mass is 255 g/mol. The highest BCUT2D eigenvalue weighted by Gasteiger charge is 2.16. The lowest BCUT2D eigenvalue weighted by molar-refractivity contribution is -0.129. The van der Waals surface area contributed by atoms with E-state index in [4.69, 9.17) is 10.00 Å². The van der Waals surface area contributed by atoms with Crippen molar-refractivity contribution in [3.63, 3.8) is 0 Å². The lowest BCUT2D eigenvalue weighted by Crippen LogP contribution is -2.35. The molecule has 0 saturated carbocycles. The highest BCUT2D eigenvalue weighted by Crippen LogP contribution is 2.06. The molecule has 0 aliphatic carbocycles. The van der Waals surface area contributed by atoms with Crippen LogP contribution in [-0.2, 0) is 9.53 Å². The van der Waals surface area contributed by atoms with Crippen LogP contribution >= 0.6 is 0 Å². The van der Waals surface area contributed by atoms with Gasteiger partial charge in [0, 0.05) is 26.6 Å². The fourth-order valence-electron chi connectivity index (χ4n) is 1.12. The van der Waals surface area contributed by atoms with E-state index in [1.165, 1.54) is 4.90 Å². The first-order chi connectivity index (χ1) is 8.26. The smallest absolute Gasteiger partial charge is 0.407 e. The average Bonchev–Trinajstić information content (AvgIpc) is 2.23. The number of nitrogens with one attached hydrogen (secondary N) is 1. The van der Waals surface area contributed by atoms with Gasteiger partial charge < -0.3 is 15.0 Å². The van der Waals surface area contributed by atoms with Crippen molar-refractivity contribution in [2.75, 3.05) is 20.1 Å². The maximum Gasteiger partial charge on any atom is 0.407 e. The second-order valence-corrected chi connectivity index (χ2v) is 4.90. The zero-order chi connectivity index (χ0) is 14.2. The lowest BCUT2D eigenvalue weighted by atomic mass is 10.2. The van der Waals surface area contributed by atoms with Gasteiger partial charge in [-0.2, -0.15) is 5.26 Å². The normalized spacial score (nSPS) is 10.4. The second-order valence-electron chi connectivity index (χ2n) is 4.90. The summed E-state index contributed by atoms with van der Waals surface area (Å²) >= 11 is 0. The van der Waals surface area contributed by atoms with Gasteiger partial charge in [-0.25, -0.2) is 4.79 Å². The van der Waals surface area contributed by atoms with Gasteiger partial charge >= 0.3 is 6.09 Å². The van der Waals surface area contributed by atoms with Gasteiger partial charge in [-0.15, -0.1) is 0 Å². The second kappa shape index (κ2) is 7.54. The van der Waals surface area contributed by atoms with Crippen molar-refractivity contribution in [2.24, 2.45) is 0 Å². The van der Waals surface area contributed by atoms with E-state index in [1.807, 2.05) is 6.07 Å². The maximum absolute atomic E-state index is 11.5. The van der Waals surface area contributed by atoms with E-state index in [9.17, 15) is 9.59 Å². The van der Waals surface area contributed by atoms with E-state index in [0.717, 1.165) is 0 Å². The summed E-state index contributed by atoms with van der Waals surface area (Å²) in [6, 6.07) is 1.97. The number of hydrogen-bond donors (Lipinski definition) is 1. The third-order valence-electron chi connectivity index (χ3n) is 1.99. The van der Waals surface area contributed by atoms with Crippen LogP contribution in [-0.4, -0.2) is 42.6 Å². The molecule has 0 saturated heterocycles. The Balaban J connectivity index is 3.81. The van der Waals surface area contributed by atoms with Crippen LogP contribution in [0.25, 0.3) is 0 Å². The van der Waals surface area contributed by atoms with Crippen molar-refractivity contribution in [2.45, 2.75) is 39.2 Å². The van der Waals surface area contributed by atoms with Crippen molar-refractivity contribution in [3.8, 4) is 6.07 Å². The summed E-state index contributed by atoms with van der Waals surface area (Å²) in [6.45, 7) is 5.95. The Kier molecular flexibility index (Phi) is 6.79. The fourth-order valence-corrected chi connectivity index (χ4v) is 1.12. The molecular formula is C12H21N3O3. The molecule has 0 fully saturated rings. The SMILES string of the molecule is CN(CCC#N)C(=O)CCNC(=O)OC(C)(C)C. The van der Waals surface area contributed by atoms with Crippen molar-refractivity contribution in [1.82, 2.24) is 10.2 Å². The molecule has 0 rings (SSSR count). The third kappa shape index (κ3) is 8.39. The largest absolute Gasteiger partial charge is 0.444 e. The van der Waals surface area contributed by atoms with E-state index >= 15 is 0 Å². The molecule has 0 aromatic rings. The molecule has 6 nitrogen and oxygen atoms in total. The first-order valence-electron chi connectivity index (χ1n) is 5.84. The molecule has 0 aliphatic heterocycles. The van der Waals surface area contributed by atoms with Gasteiger partial charge in [-0.1, -0.05) is 0 Å². The van der Waals surface area contributed by atoms with Crippen LogP contribution in [0.1, 0.15) is 33.6 Å². The van der Waals surface area contributed by atoms with Gasteiger partial charge in [0.2, 0.25) is 5.91 Å². The molecule has 0 aromatic carbocycles. The standard InChI is InChI=1S/C12H21N3O3/c1-12(2,3)18-11(17)14-8-6-10(16)15(4)9-5-7-13/h5-6,8-9H2,1-4H3,(H,14,17). The van der Waals surface area contributed by atoms with E-state index < -0.39 is 11.7 Å². The Bertz CT molecular complexity index is 328. The van der Waals surface area contributed by atoms with E-state index in [0.29, 0.717) is 13.0 Å². The number of carbonyl (C=O) groups is 2. The van der Waals surface area contributed by atoms with Crippen molar-refractivity contribution in [1.29, 1.82) is 5.26 Å². The summed E-state index contributed by atoms with van der Waals surface area (Å²) in [7, 11) is 1.63. The molecule has 1 N–H and O–H groups in total. The van der Waals surface area contributed by atoms with Crippen molar-refractivity contribution >= 4 is 12.0 Å². The Morgan fingerprint density at radius 3 is 2.50 bits per heavy atom. The van der Waals surface area contributed by atoms with E-state index in [1.54, 1.807) is 27.8 Å². The van der Waals surface area contributed by atoms with Crippen LogP contribution in [0.3, 0.4) is 0 Å². The van der Waals surface area contributed by atoms with E-state index in [2.05, 4.69) is 5.32 Å². The third-order valence-corrected chi connectivity index (χ3v) is 1.99. The Hall–Kier alpha value is -1.77. The fraction of sp³-hybridized carbons (Fsp3) is 0.750. The van der Waals surface area contributed by atoms with Crippen LogP contribution in [0.2, 0.25) is 0 Å². The Morgan fingerprint density at radius 1 is 1.39 bits per heavy atom. The quantitative estimate of drug-likeness (QED) is 0.802. The zero-order valence-corrected chi connectivity index (χ0v) is 11.4. The Morgan fingerprint density at radius 2 is 2.00 bits per heavy atom. The highest BCUT2D eigenvalue weighted by molar-refractivity contribution is 5.77. The van der Waals surface area contributed by atoms with Gasteiger partial charge in [0.05, 0.1) is 12.5 Å². The summed E-state index contributed by atoms with van der Waals surface area (Å²) in [5.74, 6) is -0.110. The minimum absolute atomic E-state index is 0.110. The van der Waals surface area contributed by atoms with Crippen LogP contribution in [0.4, 0.5) is 4.79 Å². The minimum Gasteiger partial charge on any atom is -0.444 e. The number of alkyl carbamates (subject to hydrolysis) is 1. The maximum atomic E-state index is 11.5. The number of nitrogens with zero attached hydrogens (tertiary/aromatic N) is 2. The number of carbonyl (C=O) groups excluding carboxylic acids is 2. The average molecular weight is 255 g/mol. The number of rotatable bonds is 5. The number of nitriles is 1. The summed E-state index contributed by atoms with van der Waals surface area (Å²) in [5, 5.41) is 10.9. The number of amides is 2. The van der Waals surface area contributed by atoms with E-state index in [-0.39, 0.29) is 18.9 Å². The minimum atomic E-state index is -0.544. The molecular weight excluding hydrogens is 234 g/mol. The summed E-state index contributed by atoms with van der Waals surface area (Å²) in [4.78, 5) is 24.3. The first kappa shape index (κ1) is 16.2. The topological polar surface area (TPSA) is 82.4 Å². The molecule has 0 aliphatic rings. The predicted octanol–water partition coefficient (Wildman–Crippen LogP) is 1.27. The molecule has 2 amide bonds. The summed E-state index contributed by atoms with van der Waals surface area (Å²) in [6.07, 6.45) is -0.0295. The first-order valence-corrected chi connectivity index (χ1v) is 5.84. The van der Waals surface area contributed by atoms with Crippen LogP contribution < -0.4 is 5.32 Å². The van der Waals surface area contributed by atoms with Gasteiger partial charge in [-0.05, 0) is 20.8 Å². The zero-order valence-electron chi connectivity index (χ0n) is 11.4. The number of hydrogen-bond acceptors (Lipinski definition) is 4. The van der Waals surface area contributed by atoms with Gasteiger partial charge in [0.1, 0.15) is 5.60 Å². The molecule has 0 radical (unpaired) electrons. The van der Waals surface area contributed by atoms with Gasteiger partial charge in [0.25, 0.3) is 0 Å². The van der Waals surface area contributed by atoms with Gasteiger partial charge in [-0.3, -0.25) is 4.79 Å². The van der Waals surface area contributed by atoms with Crippen LogP contribution in [0.15, 0.2) is 0 Å². The lowest BCUT2D eigenvalue weighted by Gasteiger charge is -2.20. The predicted molar refractivity (Wildman–Crippen MR) is 66.7 cm³/mol. The molecule has 0 unspecified atom stereocenters. The molecule has 0 bridgehead atoms. The summed E-state index contributed by atoms with van der Waals surface area (Å²) in [5.41, 5.74) is -0.544. The van der Waals surface area contributed by atoms with Crippen LogP contribution in [0, 0.1) is 11.3 Å². The molecule has 0 spiro atoms. The highest BCUT2D eigenvalue weighted by atomic mass is 16.6. The number of ether oxygens (including phenoxy) is 1. The van der Waals surface area contributed by atoms with Crippen molar-refractivity contribution in [3.05, 3.63) is 0 Å². The molecule has 18 heavy (non-hydrogen) atoms. The molecule has 102 valence electrons. The van der Waals surface area contributed by atoms with Gasteiger partial charge in [0.15, 0.2) is 0 Å². The molecule has 6 heteroatoms. The summed E-state index contributed by atoms with van der Waals surface area (Å²) < 4.78 is 5.03. The molecule has 0 atom stereocenters. The molecule has 0 heterocycles.